The maximum atomic E-state index is 14.9. The van der Waals surface area contributed by atoms with Crippen LogP contribution in [0.25, 0.3) is 33.5 Å². The summed E-state index contributed by atoms with van der Waals surface area (Å²) in [5, 5.41) is 0.817. The summed E-state index contributed by atoms with van der Waals surface area (Å²) in [6.07, 6.45) is 4.62. The largest absolute Gasteiger partial charge is 0.366 e. The fourth-order valence-electron chi connectivity index (χ4n) is 3.69. The Bertz CT molecular complexity index is 1510. The molecule has 7 nitrogen and oxygen atoms in total. The number of carbonyl (C=O) groups is 1. The molecule has 0 aliphatic carbocycles. The topological polar surface area (TPSA) is 99.6 Å². The number of imidazole rings is 1. The van der Waals surface area contributed by atoms with Crippen molar-refractivity contribution in [2.45, 2.75) is 13.0 Å². The van der Waals surface area contributed by atoms with E-state index in [1.165, 1.54) is 24.4 Å². The molecule has 3 aromatic heterocycles. The van der Waals surface area contributed by atoms with E-state index in [1.807, 2.05) is 13.0 Å². The third kappa shape index (κ3) is 3.24. The average molecular weight is 430 g/mol. The Labute approximate surface area is 180 Å². The molecule has 32 heavy (non-hydrogen) atoms. The highest BCUT2D eigenvalue weighted by Gasteiger charge is 2.19. The van der Waals surface area contributed by atoms with Gasteiger partial charge in [0.25, 0.3) is 5.91 Å². The SMILES string of the molecule is C[C@@H](c1cc2cccnc2cc1F)n1cnc2ncc(-c3ccc(C(N)=O)c(F)c3)nc21. The summed E-state index contributed by atoms with van der Waals surface area (Å²) in [6, 6.07) is 10.4. The van der Waals surface area contributed by atoms with Gasteiger partial charge in [-0.2, -0.15) is 0 Å². The Morgan fingerprint density at radius 2 is 1.91 bits per heavy atom. The minimum atomic E-state index is -0.852. The smallest absolute Gasteiger partial charge is 0.251 e. The Hall–Kier alpha value is -4.27. The highest BCUT2D eigenvalue weighted by molar-refractivity contribution is 5.93. The van der Waals surface area contributed by atoms with Crippen LogP contribution in [0.15, 0.2) is 61.2 Å². The first-order valence-electron chi connectivity index (χ1n) is 9.76. The van der Waals surface area contributed by atoms with E-state index in [0.717, 1.165) is 5.39 Å². The molecule has 9 heteroatoms. The molecule has 2 aromatic carbocycles. The van der Waals surface area contributed by atoms with E-state index in [0.29, 0.717) is 33.6 Å². The molecule has 2 N–H and O–H groups in total. The maximum Gasteiger partial charge on any atom is 0.251 e. The van der Waals surface area contributed by atoms with Crippen LogP contribution in [0.3, 0.4) is 0 Å². The lowest BCUT2D eigenvalue weighted by atomic mass is 10.0. The number of nitrogens with two attached hydrogens (primary N) is 1. The molecule has 0 fully saturated rings. The van der Waals surface area contributed by atoms with Crippen molar-refractivity contribution >= 4 is 28.1 Å². The van der Waals surface area contributed by atoms with Crippen LogP contribution in [0.2, 0.25) is 0 Å². The molecule has 1 amide bonds. The van der Waals surface area contributed by atoms with Gasteiger partial charge in [-0.05, 0) is 31.2 Å². The number of benzene rings is 2. The van der Waals surface area contributed by atoms with Gasteiger partial charge in [-0.15, -0.1) is 0 Å². The minimum Gasteiger partial charge on any atom is -0.366 e. The lowest BCUT2D eigenvalue weighted by Crippen LogP contribution is -2.13. The Morgan fingerprint density at radius 3 is 2.69 bits per heavy atom. The zero-order valence-electron chi connectivity index (χ0n) is 16.8. The van der Waals surface area contributed by atoms with Gasteiger partial charge in [0.05, 0.1) is 35.3 Å². The zero-order chi connectivity index (χ0) is 22.4. The molecule has 0 saturated heterocycles. The number of hydrogen-bond acceptors (Lipinski definition) is 5. The molecule has 0 bridgehead atoms. The molecule has 0 aliphatic rings. The fourth-order valence-corrected chi connectivity index (χ4v) is 3.69. The molecule has 1 atom stereocenters. The van der Waals surface area contributed by atoms with Crippen LogP contribution >= 0.6 is 0 Å². The van der Waals surface area contributed by atoms with Gasteiger partial charge >= 0.3 is 0 Å². The van der Waals surface area contributed by atoms with Crippen LogP contribution in [0.4, 0.5) is 8.78 Å². The lowest BCUT2D eigenvalue weighted by Gasteiger charge is -2.16. The molecule has 0 saturated carbocycles. The van der Waals surface area contributed by atoms with Crippen LogP contribution in [-0.2, 0) is 0 Å². The highest BCUT2D eigenvalue weighted by Crippen LogP contribution is 2.28. The van der Waals surface area contributed by atoms with E-state index in [1.54, 1.807) is 35.3 Å². The van der Waals surface area contributed by atoms with E-state index >= 15 is 0 Å². The number of aromatic nitrogens is 5. The Morgan fingerprint density at radius 1 is 1.06 bits per heavy atom. The number of fused-ring (bicyclic) bond motifs is 2. The number of primary amides is 1. The number of amides is 1. The third-order valence-corrected chi connectivity index (χ3v) is 5.40. The number of pyridine rings is 1. The van der Waals surface area contributed by atoms with Crippen LogP contribution in [0, 0.1) is 11.6 Å². The summed E-state index contributed by atoms with van der Waals surface area (Å²) >= 11 is 0. The van der Waals surface area contributed by atoms with E-state index in [4.69, 9.17) is 5.73 Å². The number of carbonyl (C=O) groups excluding carboxylic acids is 1. The van der Waals surface area contributed by atoms with Crippen LogP contribution in [0.5, 0.6) is 0 Å². The van der Waals surface area contributed by atoms with Crippen LogP contribution in [-0.4, -0.2) is 30.4 Å². The maximum absolute atomic E-state index is 14.9. The summed E-state index contributed by atoms with van der Waals surface area (Å²) in [6.45, 7) is 1.83. The first-order chi connectivity index (χ1) is 15.4. The Balaban J connectivity index is 1.59. The summed E-state index contributed by atoms with van der Waals surface area (Å²) in [5.41, 5.74) is 7.57. The van der Waals surface area contributed by atoms with E-state index in [9.17, 15) is 13.6 Å². The van der Waals surface area contributed by atoms with Crippen LogP contribution in [0.1, 0.15) is 28.9 Å². The summed E-state index contributed by atoms with van der Waals surface area (Å²) in [4.78, 5) is 28.6. The predicted molar refractivity (Wildman–Crippen MR) is 115 cm³/mol. The van der Waals surface area contributed by atoms with Crippen molar-refractivity contribution < 1.29 is 13.6 Å². The molecule has 5 rings (SSSR count). The van der Waals surface area contributed by atoms with Crippen molar-refractivity contribution in [3.05, 3.63) is 83.9 Å². The van der Waals surface area contributed by atoms with Gasteiger partial charge < -0.3 is 10.3 Å². The van der Waals surface area contributed by atoms with Crippen LogP contribution < -0.4 is 5.73 Å². The number of nitrogens with zero attached hydrogens (tertiary/aromatic N) is 5. The van der Waals surface area contributed by atoms with Crippen molar-refractivity contribution in [1.82, 2.24) is 24.5 Å². The Kier molecular flexibility index (Phi) is 4.58. The lowest BCUT2D eigenvalue weighted by molar-refractivity contribution is 0.0996. The van der Waals surface area contributed by atoms with Gasteiger partial charge in [0.2, 0.25) is 0 Å². The van der Waals surface area contributed by atoms with E-state index in [2.05, 4.69) is 19.9 Å². The first kappa shape index (κ1) is 19.7. The molecule has 5 aromatic rings. The second-order valence-corrected chi connectivity index (χ2v) is 7.36. The van der Waals surface area contributed by atoms with Crippen molar-refractivity contribution in [3.63, 3.8) is 0 Å². The van der Waals surface area contributed by atoms with Crippen molar-refractivity contribution in [2.24, 2.45) is 5.73 Å². The molecular weight excluding hydrogens is 414 g/mol. The third-order valence-electron chi connectivity index (χ3n) is 5.40. The summed E-state index contributed by atoms with van der Waals surface area (Å²) in [7, 11) is 0. The second kappa shape index (κ2) is 7.45. The van der Waals surface area contributed by atoms with Gasteiger partial charge in [0.15, 0.2) is 11.3 Å². The molecule has 0 unspecified atom stereocenters. The molecule has 158 valence electrons. The molecule has 0 aliphatic heterocycles. The minimum absolute atomic E-state index is 0.206. The van der Waals surface area contributed by atoms with Gasteiger partial charge in [-0.25, -0.2) is 23.7 Å². The highest BCUT2D eigenvalue weighted by atomic mass is 19.1. The predicted octanol–water partition coefficient (Wildman–Crippen LogP) is 4.03. The van der Waals surface area contributed by atoms with Gasteiger partial charge in [0, 0.05) is 28.8 Å². The molecule has 0 spiro atoms. The van der Waals surface area contributed by atoms with E-state index in [-0.39, 0.29) is 5.56 Å². The number of hydrogen-bond donors (Lipinski definition) is 1. The van der Waals surface area contributed by atoms with Crippen molar-refractivity contribution in [3.8, 4) is 11.3 Å². The zero-order valence-corrected chi connectivity index (χ0v) is 16.8. The van der Waals surface area contributed by atoms with Crippen molar-refractivity contribution in [1.29, 1.82) is 0 Å². The van der Waals surface area contributed by atoms with E-state index < -0.39 is 23.6 Å². The standard InChI is InChI=1S/C23H16F2N6O/c1-12(16-7-13-3-2-6-27-19(13)9-18(16)25)31-11-29-22-23(31)30-20(10-28-22)14-4-5-15(21(26)32)17(24)8-14/h2-12H,1H3,(H2,26,32)/t12-/m0/s1. The van der Waals surface area contributed by atoms with Gasteiger partial charge in [-0.3, -0.25) is 9.78 Å². The fraction of sp³-hybridized carbons (Fsp3) is 0.0870. The van der Waals surface area contributed by atoms with Crippen molar-refractivity contribution in [2.75, 3.05) is 0 Å². The first-order valence-corrected chi connectivity index (χ1v) is 9.76. The summed E-state index contributed by atoms with van der Waals surface area (Å²) in [5.74, 6) is -1.99. The van der Waals surface area contributed by atoms with Gasteiger partial charge in [0.1, 0.15) is 11.6 Å². The molecular formula is C23H16F2N6O. The summed E-state index contributed by atoms with van der Waals surface area (Å²) < 4.78 is 30.8. The van der Waals surface area contributed by atoms with Gasteiger partial charge in [-0.1, -0.05) is 12.1 Å². The quantitative estimate of drug-likeness (QED) is 0.464. The normalized spacial score (nSPS) is 12.3. The number of rotatable bonds is 4. The average Bonchev–Trinajstić information content (AvgIpc) is 3.21. The molecule has 3 heterocycles. The number of halogens is 2. The molecule has 0 radical (unpaired) electrons. The second-order valence-electron chi connectivity index (χ2n) is 7.36. The monoisotopic (exact) mass is 430 g/mol.